The summed E-state index contributed by atoms with van der Waals surface area (Å²) < 4.78 is 27.8. The fraction of sp³-hybridized carbons (Fsp3) is 0.125. The van der Waals surface area contributed by atoms with Crippen molar-refractivity contribution < 1.29 is 8.42 Å². The van der Waals surface area contributed by atoms with Crippen LogP contribution < -0.4 is 14.9 Å². The van der Waals surface area contributed by atoms with E-state index >= 15 is 0 Å². The molecule has 0 bridgehead atoms. The second-order valence-electron chi connectivity index (χ2n) is 7.93. The molecule has 1 aromatic carbocycles. The molecule has 0 saturated carbocycles. The maximum absolute atomic E-state index is 11.6. The number of thiocarbonyl (C=S) groups is 1. The molecule has 4 aromatic rings. The lowest BCUT2D eigenvalue weighted by molar-refractivity contribution is 0.549. The normalized spacial score (nSPS) is 18.0. The summed E-state index contributed by atoms with van der Waals surface area (Å²) in [6, 6.07) is 20.5. The minimum Gasteiger partial charge on any atom is -0.351 e. The van der Waals surface area contributed by atoms with Crippen LogP contribution in [0.15, 0.2) is 91.5 Å². The van der Waals surface area contributed by atoms with Crippen LogP contribution in [0.25, 0.3) is 5.69 Å². The maximum Gasteiger partial charge on any atom is 0.229 e. The molecule has 1 aliphatic heterocycles. The Kier molecular flexibility index (Phi) is 5.76. The van der Waals surface area contributed by atoms with Gasteiger partial charge in [-0.25, -0.2) is 8.42 Å². The fourth-order valence-electron chi connectivity index (χ4n) is 4.20. The van der Waals surface area contributed by atoms with Crippen LogP contribution in [0, 0.1) is 0 Å². The summed E-state index contributed by atoms with van der Waals surface area (Å²) >= 11 is 5.78. The van der Waals surface area contributed by atoms with Crippen LogP contribution in [0.4, 0.5) is 11.4 Å². The third-order valence-corrected chi connectivity index (χ3v) is 6.48. The van der Waals surface area contributed by atoms with Gasteiger partial charge in [0.15, 0.2) is 5.11 Å². The predicted molar refractivity (Wildman–Crippen MR) is 136 cm³/mol. The summed E-state index contributed by atoms with van der Waals surface area (Å²) in [4.78, 5) is 10.9. The van der Waals surface area contributed by atoms with Crippen LogP contribution in [0.2, 0.25) is 0 Å². The third-order valence-electron chi connectivity index (χ3n) is 5.55. The number of pyridine rings is 2. The number of nitrogens with zero attached hydrogens (tertiary/aromatic N) is 4. The second kappa shape index (κ2) is 8.88. The third kappa shape index (κ3) is 4.37. The highest BCUT2D eigenvalue weighted by atomic mass is 32.2. The summed E-state index contributed by atoms with van der Waals surface area (Å²) in [5.41, 5.74) is 4.13. The number of rotatable bonds is 6. The Morgan fingerprint density at radius 2 is 1.79 bits per heavy atom. The predicted octanol–water partition coefficient (Wildman–Crippen LogP) is 3.82. The van der Waals surface area contributed by atoms with Crippen molar-refractivity contribution in [3.63, 3.8) is 0 Å². The average molecular weight is 491 g/mol. The molecule has 3 aromatic heterocycles. The van der Waals surface area contributed by atoms with Gasteiger partial charge in [0.1, 0.15) is 6.04 Å². The van der Waals surface area contributed by atoms with Crippen molar-refractivity contribution in [2.24, 2.45) is 0 Å². The van der Waals surface area contributed by atoms with Gasteiger partial charge < -0.3 is 14.8 Å². The van der Waals surface area contributed by atoms with E-state index in [4.69, 9.17) is 12.2 Å². The van der Waals surface area contributed by atoms with Gasteiger partial charge in [0, 0.05) is 35.7 Å². The number of hydrogen-bond acceptors (Lipinski definition) is 5. The Morgan fingerprint density at radius 1 is 0.971 bits per heavy atom. The first-order valence-electron chi connectivity index (χ1n) is 10.6. The Labute approximate surface area is 203 Å². The fourth-order valence-corrected chi connectivity index (χ4v) is 5.11. The van der Waals surface area contributed by atoms with Gasteiger partial charge in [-0.2, -0.15) is 0 Å². The Hall–Kier alpha value is -3.76. The lowest BCUT2D eigenvalue weighted by Gasteiger charge is -2.29. The molecule has 0 radical (unpaired) electrons. The molecular formula is C24H22N6O2S2. The number of anilines is 2. The summed E-state index contributed by atoms with van der Waals surface area (Å²) in [7, 11) is -3.37. The van der Waals surface area contributed by atoms with Crippen molar-refractivity contribution in [3.05, 3.63) is 103 Å². The van der Waals surface area contributed by atoms with Crippen molar-refractivity contribution in [2.45, 2.75) is 12.1 Å². The average Bonchev–Trinajstić information content (AvgIpc) is 3.44. The zero-order valence-electron chi connectivity index (χ0n) is 18.2. The van der Waals surface area contributed by atoms with Gasteiger partial charge in [0.25, 0.3) is 0 Å². The highest BCUT2D eigenvalue weighted by Crippen LogP contribution is 2.42. The second-order valence-corrected chi connectivity index (χ2v) is 10.1. The zero-order valence-corrected chi connectivity index (χ0v) is 19.9. The van der Waals surface area contributed by atoms with Gasteiger partial charge in [0.05, 0.1) is 29.9 Å². The van der Waals surface area contributed by atoms with E-state index < -0.39 is 10.0 Å². The van der Waals surface area contributed by atoms with E-state index in [1.54, 1.807) is 24.5 Å². The molecule has 34 heavy (non-hydrogen) atoms. The highest BCUT2D eigenvalue weighted by Gasteiger charge is 2.42. The molecule has 2 unspecified atom stereocenters. The standard InChI is InChI=1S/C24H22N6O2S2/c1-34(31,32)28-17-9-11-18(12-10-17)30-23(22(27-24(30)33)20-7-2-3-14-26-20)21-8-5-15-29(21)19-6-4-13-25-16-19/h2-16,22-23,28H,1H3,(H,27,33). The Bertz CT molecular complexity index is 1410. The van der Waals surface area contributed by atoms with Crippen molar-refractivity contribution in [1.29, 1.82) is 0 Å². The molecule has 0 aliphatic carbocycles. The number of sulfonamides is 1. The minimum absolute atomic E-state index is 0.201. The number of aromatic nitrogens is 3. The Morgan fingerprint density at radius 3 is 2.47 bits per heavy atom. The smallest absolute Gasteiger partial charge is 0.229 e. The summed E-state index contributed by atoms with van der Waals surface area (Å²) in [6.45, 7) is 0. The molecule has 8 nitrogen and oxygen atoms in total. The molecule has 1 fully saturated rings. The Balaban J connectivity index is 1.60. The van der Waals surface area contributed by atoms with Gasteiger partial charge in [-0.3, -0.25) is 14.7 Å². The van der Waals surface area contributed by atoms with E-state index in [0.29, 0.717) is 10.8 Å². The monoisotopic (exact) mass is 490 g/mol. The van der Waals surface area contributed by atoms with Gasteiger partial charge >= 0.3 is 0 Å². The van der Waals surface area contributed by atoms with E-state index in [2.05, 4.69) is 30.6 Å². The minimum atomic E-state index is -3.37. The van der Waals surface area contributed by atoms with Crippen LogP contribution in [0.1, 0.15) is 23.5 Å². The van der Waals surface area contributed by atoms with E-state index in [0.717, 1.165) is 29.0 Å². The summed E-state index contributed by atoms with van der Waals surface area (Å²) in [6.07, 6.45) is 8.45. The van der Waals surface area contributed by atoms with E-state index in [9.17, 15) is 8.42 Å². The molecule has 2 N–H and O–H groups in total. The molecule has 4 heterocycles. The first-order chi connectivity index (χ1) is 16.4. The van der Waals surface area contributed by atoms with Gasteiger partial charge in [-0.1, -0.05) is 6.07 Å². The number of hydrogen-bond donors (Lipinski definition) is 2. The molecule has 5 rings (SSSR count). The van der Waals surface area contributed by atoms with Crippen molar-refractivity contribution in [1.82, 2.24) is 19.9 Å². The summed E-state index contributed by atoms with van der Waals surface area (Å²) in [5, 5.41) is 4.00. The number of nitrogens with one attached hydrogen (secondary N) is 2. The first kappa shape index (κ1) is 22.1. The first-order valence-corrected chi connectivity index (χ1v) is 12.9. The largest absolute Gasteiger partial charge is 0.351 e. The van der Waals surface area contributed by atoms with Crippen LogP contribution in [0.3, 0.4) is 0 Å². The van der Waals surface area contributed by atoms with Crippen molar-refractivity contribution in [2.75, 3.05) is 15.9 Å². The number of benzene rings is 1. The van der Waals surface area contributed by atoms with Crippen LogP contribution in [-0.4, -0.2) is 34.3 Å². The topological polar surface area (TPSA) is 92.2 Å². The lowest BCUT2D eigenvalue weighted by atomic mass is 10.0. The summed E-state index contributed by atoms with van der Waals surface area (Å²) in [5.74, 6) is 0. The van der Waals surface area contributed by atoms with Crippen LogP contribution >= 0.6 is 12.2 Å². The van der Waals surface area contributed by atoms with Crippen molar-refractivity contribution >= 4 is 38.7 Å². The van der Waals surface area contributed by atoms with Gasteiger partial charge in [-0.15, -0.1) is 0 Å². The van der Waals surface area contributed by atoms with Crippen molar-refractivity contribution in [3.8, 4) is 5.69 Å². The quantitative estimate of drug-likeness (QED) is 0.397. The molecule has 0 spiro atoms. The molecule has 1 aliphatic rings. The van der Waals surface area contributed by atoms with E-state index in [1.165, 1.54) is 0 Å². The van der Waals surface area contributed by atoms with Crippen LogP contribution in [-0.2, 0) is 10.0 Å². The van der Waals surface area contributed by atoms with E-state index in [1.807, 2.05) is 65.8 Å². The molecular weight excluding hydrogens is 468 g/mol. The molecule has 10 heteroatoms. The van der Waals surface area contributed by atoms with Crippen LogP contribution in [0.5, 0.6) is 0 Å². The highest BCUT2D eigenvalue weighted by molar-refractivity contribution is 7.92. The van der Waals surface area contributed by atoms with E-state index in [-0.39, 0.29) is 12.1 Å². The molecule has 0 amide bonds. The zero-order chi connectivity index (χ0) is 23.7. The maximum atomic E-state index is 11.6. The molecule has 2 atom stereocenters. The van der Waals surface area contributed by atoms with Gasteiger partial charge in [0.2, 0.25) is 10.0 Å². The SMILES string of the molecule is CS(=O)(=O)Nc1ccc(N2C(=S)NC(c3ccccn3)C2c2cccn2-c2cccnc2)cc1. The van der Waals surface area contributed by atoms with Gasteiger partial charge in [-0.05, 0) is 72.9 Å². The molecule has 1 saturated heterocycles. The molecule has 172 valence electrons. The lowest BCUT2D eigenvalue weighted by Crippen LogP contribution is -2.30.